The molecule has 5 heteroatoms. The van der Waals surface area contributed by atoms with Gasteiger partial charge in [-0.15, -0.1) is 0 Å². The molecular weight excluding hydrogens is 390 g/mol. The fraction of sp³-hybridized carbons (Fsp3) is 0.308. The average molecular weight is 418 g/mol. The molecule has 2 aromatic carbocycles. The van der Waals surface area contributed by atoms with Gasteiger partial charge in [0.25, 0.3) is 0 Å². The van der Waals surface area contributed by atoms with E-state index in [1.165, 1.54) is 0 Å². The van der Waals surface area contributed by atoms with Crippen molar-refractivity contribution in [1.29, 1.82) is 0 Å². The van der Waals surface area contributed by atoms with Gasteiger partial charge in [-0.25, -0.2) is 4.79 Å². The summed E-state index contributed by atoms with van der Waals surface area (Å²) in [4.78, 5) is 25.2. The van der Waals surface area contributed by atoms with E-state index in [0.717, 1.165) is 44.4 Å². The number of carbonyl (C=O) groups is 1. The summed E-state index contributed by atoms with van der Waals surface area (Å²) in [6.45, 7) is 9.75. The third-order valence-corrected chi connectivity index (χ3v) is 6.22. The van der Waals surface area contributed by atoms with Crippen molar-refractivity contribution in [3.8, 4) is 0 Å². The second-order valence-electron chi connectivity index (χ2n) is 8.23. The van der Waals surface area contributed by atoms with Gasteiger partial charge in [-0.3, -0.25) is 4.79 Å². The lowest BCUT2D eigenvalue weighted by molar-refractivity contribution is -0.121. The predicted octanol–water partition coefficient (Wildman–Crippen LogP) is 5.58. The Morgan fingerprint density at radius 2 is 1.58 bits per heavy atom. The van der Waals surface area contributed by atoms with Crippen LogP contribution < -0.4 is 10.9 Å². The Morgan fingerprint density at radius 3 is 2.29 bits per heavy atom. The van der Waals surface area contributed by atoms with Crippen molar-refractivity contribution in [2.24, 2.45) is 0 Å². The summed E-state index contributed by atoms with van der Waals surface area (Å²) in [5, 5.41) is 4.92. The van der Waals surface area contributed by atoms with Gasteiger partial charge in [-0.2, -0.15) is 0 Å². The molecule has 5 nitrogen and oxygen atoms in total. The third-order valence-electron chi connectivity index (χ3n) is 6.22. The van der Waals surface area contributed by atoms with E-state index in [1.54, 1.807) is 0 Å². The summed E-state index contributed by atoms with van der Waals surface area (Å²) in [6, 6.07) is 11.7. The Kier molecular flexibility index (Phi) is 5.44. The maximum atomic E-state index is 12.7. The molecule has 0 spiro atoms. The van der Waals surface area contributed by atoms with Gasteiger partial charge in [0.15, 0.2) is 0 Å². The fourth-order valence-corrected chi connectivity index (χ4v) is 4.16. The lowest BCUT2D eigenvalue weighted by Crippen LogP contribution is -2.27. The molecule has 4 aromatic rings. The quantitative estimate of drug-likeness (QED) is 0.430. The SMILES string of the molecule is Cc1oc2c(C)c3oc(=O)c(CCC(=O)NC(C)c4ccccc4)c(C)c3cc2c1C. The summed E-state index contributed by atoms with van der Waals surface area (Å²) >= 11 is 0. The first-order chi connectivity index (χ1) is 14.8. The number of carbonyl (C=O) groups excluding carboxylic acids is 1. The van der Waals surface area contributed by atoms with Crippen LogP contribution >= 0.6 is 0 Å². The Balaban J connectivity index is 1.62. The molecule has 160 valence electrons. The zero-order valence-corrected chi connectivity index (χ0v) is 18.6. The normalized spacial score (nSPS) is 12.4. The first-order valence-corrected chi connectivity index (χ1v) is 10.6. The molecule has 4 rings (SSSR count). The molecule has 1 unspecified atom stereocenters. The van der Waals surface area contributed by atoms with Crippen molar-refractivity contribution >= 4 is 27.8 Å². The number of fused-ring (bicyclic) bond motifs is 2. The Labute approximate surface area is 181 Å². The highest BCUT2D eigenvalue weighted by atomic mass is 16.4. The van der Waals surface area contributed by atoms with Gasteiger partial charge in [0.2, 0.25) is 5.91 Å². The molecule has 1 atom stereocenters. The number of nitrogens with one attached hydrogen (secondary N) is 1. The molecule has 0 saturated heterocycles. The lowest BCUT2D eigenvalue weighted by atomic mass is 9.98. The number of aryl methyl sites for hydroxylation is 4. The first-order valence-electron chi connectivity index (χ1n) is 10.6. The van der Waals surface area contributed by atoms with Gasteiger partial charge in [0.05, 0.1) is 6.04 Å². The van der Waals surface area contributed by atoms with Crippen molar-refractivity contribution in [3.63, 3.8) is 0 Å². The summed E-state index contributed by atoms with van der Waals surface area (Å²) in [5.74, 6) is 0.765. The zero-order chi connectivity index (χ0) is 22.3. The Morgan fingerprint density at radius 1 is 0.935 bits per heavy atom. The van der Waals surface area contributed by atoms with Crippen molar-refractivity contribution < 1.29 is 13.6 Å². The summed E-state index contributed by atoms with van der Waals surface area (Å²) < 4.78 is 11.6. The molecule has 0 bridgehead atoms. The van der Waals surface area contributed by atoms with Gasteiger partial charge in [-0.1, -0.05) is 30.3 Å². The summed E-state index contributed by atoms with van der Waals surface area (Å²) in [5.41, 5.74) is 5.27. The minimum atomic E-state index is -0.392. The van der Waals surface area contributed by atoms with Crippen LogP contribution in [0.5, 0.6) is 0 Å². The van der Waals surface area contributed by atoms with Crippen LogP contribution in [0.15, 0.2) is 50.0 Å². The number of benzene rings is 2. The van der Waals surface area contributed by atoms with Crippen molar-refractivity contribution in [3.05, 3.63) is 80.4 Å². The highest BCUT2D eigenvalue weighted by Gasteiger charge is 2.19. The maximum absolute atomic E-state index is 12.7. The standard InChI is InChI=1S/C26H27NO4/c1-14-18(5)30-24-16(3)25-22(13-21(14)24)15(2)20(26(29)31-25)11-12-23(28)27-17(4)19-9-7-6-8-10-19/h6-10,13,17H,11-12H2,1-5H3,(H,27,28). The van der Waals surface area contributed by atoms with E-state index < -0.39 is 5.63 Å². The van der Waals surface area contributed by atoms with Crippen LogP contribution in [0.3, 0.4) is 0 Å². The highest BCUT2D eigenvalue weighted by molar-refractivity contribution is 6.00. The number of hydrogen-bond acceptors (Lipinski definition) is 4. The topological polar surface area (TPSA) is 72.5 Å². The molecule has 31 heavy (non-hydrogen) atoms. The van der Waals surface area contributed by atoms with Crippen LogP contribution in [0, 0.1) is 27.7 Å². The molecule has 1 N–H and O–H groups in total. The smallest absolute Gasteiger partial charge is 0.339 e. The highest BCUT2D eigenvalue weighted by Crippen LogP contribution is 2.34. The molecule has 0 aliphatic heterocycles. The first kappa shape index (κ1) is 20.9. The van der Waals surface area contributed by atoms with Crippen molar-refractivity contribution in [2.45, 2.75) is 53.5 Å². The van der Waals surface area contributed by atoms with Crippen molar-refractivity contribution in [2.75, 3.05) is 0 Å². The molecule has 0 fully saturated rings. The Hall–Kier alpha value is -3.34. The molecule has 2 aromatic heterocycles. The molecule has 0 aliphatic carbocycles. The minimum Gasteiger partial charge on any atom is -0.461 e. The predicted molar refractivity (Wildman–Crippen MR) is 123 cm³/mol. The van der Waals surface area contributed by atoms with E-state index in [1.807, 2.05) is 71.0 Å². The van der Waals surface area contributed by atoms with E-state index in [2.05, 4.69) is 5.32 Å². The van der Waals surface area contributed by atoms with Crippen LogP contribution in [-0.2, 0) is 11.2 Å². The monoisotopic (exact) mass is 417 g/mol. The van der Waals surface area contributed by atoms with E-state index in [0.29, 0.717) is 17.6 Å². The van der Waals surface area contributed by atoms with Gasteiger partial charge in [0.1, 0.15) is 16.9 Å². The number of rotatable bonds is 5. The average Bonchev–Trinajstić information content (AvgIpc) is 3.04. The van der Waals surface area contributed by atoms with E-state index in [-0.39, 0.29) is 18.4 Å². The summed E-state index contributed by atoms with van der Waals surface area (Å²) in [6.07, 6.45) is 0.553. The molecular formula is C26H27NO4. The van der Waals surface area contributed by atoms with Gasteiger partial charge in [-0.05, 0) is 63.8 Å². The van der Waals surface area contributed by atoms with E-state index in [4.69, 9.17) is 8.83 Å². The van der Waals surface area contributed by atoms with Gasteiger partial charge >= 0.3 is 5.63 Å². The number of amides is 1. The van der Waals surface area contributed by atoms with Crippen LogP contribution in [0.4, 0.5) is 0 Å². The molecule has 0 aliphatic rings. The Bertz CT molecular complexity index is 1350. The minimum absolute atomic E-state index is 0.0916. The zero-order valence-electron chi connectivity index (χ0n) is 18.6. The molecule has 1 amide bonds. The molecule has 0 radical (unpaired) electrons. The van der Waals surface area contributed by atoms with Crippen LogP contribution in [0.25, 0.3) is 21.9 Å². The van der Waals surface area contributed by atoms with E-state index >= 15 is 0 Å². The molecule has 2 heterocycles. The van der Waals surface area contributed by atoms with Crippen LogP contribution in [0.2, 0.25) is 0 Å². The third kappa shape index (κ3) is 3.76. The second-order valence-corrected chi connectivity index (χ2v) is 8.23. The largest absolute Gasteiger partial charge is 0.461 e. The lowest BCUT2D eigenvalue weighted by Gasteiger charge is -2.14. The van der Waals surface area contributed by atoms with Crippen LogP contribution in [-0.4, -0.2) is 5.91 Å². The molecule has 0 saturated carbocycles. The number of furan rings is 1. The second kappa shape index (κ2) is 8.06. The van der Waals surface area contributed by atoms with Crippen molar-refractivity contribution in [1.82, 2.24) is 5.32 Å². The summed E-state index contributed by atoms with van der Waals surface area (Å²) in [7, 11) is 0. The van der Waals surface area contributed by atoms with E-state index in [9.17, 15) is 9.59 Å². The van der Waals surface area contributed by atoms with Gasteiger partial charge in [0, 0.05) is 28.3 Å². The maximum Gasteiger partial charge on any atom is 0.339 e. The number of hydrogen-bond donors (Lipinski definition) is 1. The fourth-order valence-electron chi connectivity index (χ4n) is 4.16. The van der Waals surface area contributed by atoms with Gasteiger partial charge < -0.3 is 14.2 Å². The van der Waals surface area contributed by atoms with Crippen LogP contribution in [0.1, 0.15) is 53.0 Å².